The van der Waals surface area contributed by atoms with E-state index in [1.54, 1.807) is 17.5 Å². The molecule has 1 N–H and O–H groups in total. The van der Waals surface area contributed by atoms with E-state index in [1.807, 2.05) is 42.8 Å². The summed E-state index contributed by atoms with van der Waals surface area (Å²) in [6.45, 7) is 1.39. The van der Waals surface area contributed by atoms with Crippen LogP contribution in [0.15, 0.2) is 41.9 Å². The summed E-state index contributed by atoms with van der Waals surface area (Å²) in [5.74, 6) is -0.234. The van der Waals surface area contributed by atoms with Crippen LogP contribution in [0.1, 0.15) is 19.8 Å². The van der Waals surface area contributed by atoms with E-state index >= 15 is 0 Å². The number of hydrogen-bond acceptors (Lipinski definition) is 7. The van der Waals surface area contributed by atoms with Crippen LogP contribution in [0.5, 0.6) is 0 Å². The van der Waals surface area contributed by atoms with Gasteiger partial charge in [-0.2, -0.15) is 0 Å². The molecule has 0 aliphatic heterocycles. The second-order valence-corrected chi connectivity index (χ2v) is 6.96. The summed E-state index contributed by atoms with van der Waals surface area (Å²) in [5, 5.41) is 15.1. The minimum atomic E-state index is -0.234. The predicted molar refractivity (Wildman–Crippen MR) is 91.6 cm³/mol. The number of rotatable bonds is 6. The van der Waals surface area contributed by atoms with Crippen LogP contribution in [0.4, 0.5) is 5.69 Å². The van der Waals surface area contributed by atoms with Gasteiger partial charge >= 0.3 is 0 Å². The highest BCUT2D eigenvalue weighted by molar-refractivity contribution is 7.13. The SMILES string of the molecule is CN(Cc1nccs1)Cc1nnc(C(=O)Nc2ccccc2)s1. The smallest absolute Gasteiger partial charge is 0.286 e. The number of carbonyl (C=O) groups excluding carboxylic acids is 1. The minimum absolute atomic E-state index is 0.234. The first-order valence-electron chi connectivity index (χ1n) is 6.96. The van der Waals surface area contributed by atoms with Crippen LogP contribution in [-0.4, -0.2) is 33.0 Å². The first-order chi connectivity index (χ1) is 11.2. The second kappa shape index (κ2) is 7.40. The van der Waals surface area contributed by atoms with Crippen molar-refractivity contribution in [2.75, 3.05) is 12.4 Å². The maximum Gasteiger partial charge on any atom is 0.286 e. The molecule has 2 aromatic heterocycles. The molecule has 0 fully saturated rings. The Labute approximate surface area is 141 Å². The van der Waals surface area contributed by atoms with E-state index < -0.39 is 0 Å². The molecule has 118 valence electrons. The quantitative estimate of drug-likeness (QED) is 0.744. The molecule has 0 unspecified atom stereocenters. The molecule has 0 spiro atoms. The van der Waals surface area contributed by atoms with Crippen LogP contribution in [-0.2, 0) is 13.1 Å². The molecule has 0 radical (unpaired) electrons. The fourth-order valence-electron chi connectivity index (χ4n) is 1.96. The lowest BCUT2D eigenvalue weighted by Gasteiger charge is -2.12. The Morgan fingerprint density at radius 1 is 1.17 bits per heavy atom. The van der Waals surface area contributed by atoms with Gasteiger partial charge in [0.15, 0.2) is 0 Å². The van der Waals surface area contributed by atoms with Crippen LogP contribution in [0, 0.1) is 0 Å². The van der Waals surface area contributed by atoms with Gasteiger partial charge in [0.05, 0.1) is 13.1 Å². The number of benzene rings is 1. The molecule has 8 heteroatoms. The number of aromatic nitrogens is 3. The molecule has 2 heterocycles. The summed E-state index contributed by atoms with van der Waals surface area (Å²) in [4.78, 5) is 18.5. The number of carbonyl (C=O) groups is 1. The van der Waals surface area contributed by atoms with Crippen molar-refractivity contribution in [3.05, 3.63) is 56.9 Å². The zero-order valence-electron chi connectivity index (χ0n) is 12.5. The Hall–Kier alpha value is -2.16. The lowest BCUT2D eigenvalue weighted by Crippen LogP contribution is -2.16. The highest BCUT2D eigenvalue weighted by Gasteiger charge is 2.14. The molecular weight excluding hydrogens is 330 g/mol. The standard InChI is InChI=1S/C15H15N5OS2/c1-20(9-12-16-7-8-22-12)10-13-18-19-15(23-13)14(21)17-11-5-3-2-4-6-11/h2-8H,9-10H2,1H3,(H,17,21). The van der Waals surface area contributed by atoms with E-state index in [0.29, 0.717) is 11.6 Å². The Bertz CT molecular complexity index is 757. The fourth-order valence-corrected chi connectivity index (χ4v) is 3.47. The van der Waals surface area contributed by atoms with E-state index in [9.17, 15) is 4.79 Å². The van der Waals surface area contributed by atoms with Crippen LogP contribution in [0.3, 0.4) is 0 Å². The highest BCUT2D eigenvalue weighted by Crippen LogP contribution is 2.16. The zero-order chi connectivity index (χ0) is 16.1. The summed E-state index contributed by atoms with van der Waals surface area (Å²) < 4.78 is 0. The molecule has 1 amide bonds. The maximum atomic E-state index is 12.1. The molecular formula is C15H15N5OS2. The molecule has 0 aliphatic carbocycles. The lowest BCUT2D eigenvalue weighted by molar-refractivity contribution is 0.102. The van der Waals surface area contributed by atoms with E-state index in [4.69, 9.17) is 0 Å². The van der Waals surface area contributed by atoms with Gasteiger partial charge < -0.3 is 5.32 Å². The number of nitrogens with one attached hydrogen (secondary N) is 1. The van der Waals surface area contributed by atoms with Crippen molar-refractivity contribution in [3.63, 3.8) is 0 Å². The molecule has 0 atom stereocenters. The first kappa shape index (κ1) is 15.7. The number of anilines is 1. The fraction of sp³-hybridized carbons (Fsp3) is 0.200. The van der Waals surface area contributed by atoms with E-state index in [0.717, 1.165) is 22.2 Å². The number of amides is 1. The van der Waals surface area contributed by atoms with Crippen molar-refractivity contribution in [1.82, 2.24) is 20.1 Å². The highest BCUT2D eigenvalue weighted by atomic mass is 32.1. The average Bonchev–Trinajstić information content (AvgIpc) is 3.20. The zero-order valence-corrected chi connectivity index (χ0v) is 14.1. The Balaban J connectivity index is 1.58. The van der Waals surface area contributed by atoms with Gasteiger partial charge in [0.2, 0.25) is 5.01 Å². The Kier molecular flexibility index (Phi) is 5.06. The first-order valence-corrected chi connectivity index (χ1v) is 8.66. The summed E-state index contributed by atoms with van der Waals surface area (Å²) in [5.41, 5.74) is 0.745. The van der Waals surface area contributed by atoms with Crippen LogP contribution < -0.4 is 5.32 Å². The summed E-state index contributed by atoms with van der Waals surface area (Å²) in [6, 6.07) is 9.31. The van der Waals surface area contributed by atoms with Gasteiger partial charge in [-0.15, -0.1) is 21.5 Å². The number of nitrogens with zero attached hydrogens (tertiary/aromatic N) is 4. The predicted octanol–water partition coefficient (Wildman–Crippen LogP) is 2.88. The van der Waals surface area contributed by atoms with Crippen molar-refractivity contribution in [2.45, 2.75) is 13.1 Å². The lowest BCUT2D eigenvalue weighted by atomic mass is 10.3. The van der Waals surface area contributed by atoms with Crippen LogP contribution >= 0.6 is 22.7 Å². The minimum Gasteiger partial charge on any atom is -0.320 e. The third kappa shape index (κ3) is 4.41. The van der Waals surface area contributed by atoms with Gasteiger partial charge in [-0.1, -0.05) is 29.5 Å². The van der Waals surface area contributed by atoms with Gasteiger partial charge in [0.1, 0.15) is 10.0 Å². The summed E-state index contributed by atoms with van der Waals surface area (Å²) >= 11 is 2.93. The van der Waals surface area contributed by atoms with Crippen LogP contribution in [0.25, 0.3) is 0 Å². The third-order valence-electron chi connectivity index (χ3n) is 2.99. The van der Waals surface area contributed by atoms with E-state index in [1.165, 1.54) is 11.3 Å². The molecule has 0 aliphatic rings. The monoisotopic (exact) mass is 345 g/mol. The normalized spacial score (nSPS) is 10.9. The molecule has 1 aromatic carbocycles. The Morgan fingerprint density at radius 2 is 1.96 bits per heavy atom. The molecule has 0 saturated carbocycles. The number of para-hydroxylation sites is 1. The topological polar surface area (TPSA) is 71.0 Å². The molecule has 0 saturated heterocycles. The van der Waals surface area contributed by atoms with Gasteiger partial charge in [-0.25, -0.2) is 4.98 Å². The van der Waals surface area contributed by atoms with Crippen molar-refractivity contribution < 1.29 is 4.79 Å². The molecule has 23 heavy (non-hydrogen) atoms. The van der Waals surface area contributed by atoms with Gasteiger partial charge in [0.25, 0.3) is 5.91 Å². The van der Waals surface area contributed by atoms with Gasteiger partial charge in [-0.3, -0.25) is 9.69 Å². The van der Waals surface area contributed by atoms with Gasteiger partial charge in [0, 0.05) is 17.3 Å². The molecule has 6 nitrogen and oxygen atoms in total. The summed E-state index contributed by atoms with van der Waals surface area (Å²) in [6.07, 6.45) is 1.80. The van der Waals surface area contributed by atoms with E-state index in [-0.39, 0.29) is 5.91 Å². The summed E-state index contributed by atoms with van der Waals surface area (Å²) in [7, 11) is 1.99. The molecule has 3 aromatic rings. The average molecular weight is 345 g/mol. The van der Waals surface area contributed by atoms with Crippen molar-refractivity contribution in [2.24, 2.45) is 0 Å². The van der Waals surface area contributed by atoms with Crippen LogP contribution in [0.2, 0.25) is 0 Å². The van der Waals surface area contributed by atoms with Gasteiger partial charge in [-0.05, 0) is 19.2 Å². The molecule has 0 bridgehead atoms. The second-order valence-electron chi connectivity index (χ2n) is 4.92. The Morgan fingerprint density at radius 3 is 2.70 bits per heavy atom. The maximum absolute atomic E-state index is 12.1. The largest absolute Gasteiger partial charge is 0.320 e. The molecule has 3 rings (SSSR count). The number of hydrogen-bond donors (Lipinski definition) is 1. The number of thiazole rings is 1. The van der Waals surface area contributed by atoms with Crippen molar-refractivity contribution in [3.8, 4) is 0 Å². The van der Waals surface area contributed by atoms with E-state index in [2.05, 4.69) is 25.4 Å². The van der Waals surface area contributed by atoms with Crippen molar-refractivity contribution >= 4 is 34.3 Å². The van der Waals surface area contributed by atoms with Crippen molar-refractivity contribution in [1.29, 1.82) is 0 Å². The third-order valence-corrected chi connectivity index (χ3v) is 4.66.